The van der Waals surface area contributed by atoms with Crippen LogP contribution in [0.4, 0.5) is 4.39 Å². The third-order valence-corrected chi connectivity index (χ3v) is 2.57. The molecule has 0 bridgehead atoms. The number of hydrogen-bond donors (Lipinski definition) is 1. The normalized spacial score (nSPS) is 10.5. The van der Waals surface area contributed by atoms with Gasteiger partial charge in [-0.3, -0.25) is 4.79 Å². The zero-order valence-electron chi connectivity index (χ0n) is 9.33. The highest BCUT2D eigenvalue weighted by molar-refractivity contribution is 5.94. The van der Waals surface area contributed by atoms with E-state index in [1.807, 2.05) is 0 Å². The maximum Gasteiger partial charge on any atom is 0.354 e. The van der Waals surface area contributed by atoms with Gasteiger partial charge in [-0.15, -0.1) is 0 Å². The van der Waals surface area contributed by atoms with E-state index in [9.17, 15) is 14.0 Å². The highest BCUT2D eigenvalue weighted by Gasteiger charge is 2.13. The van der Waals surface area contributed by atoms with Crippen molar-refractivity contribution in [2.75, 3.05) is 7.11 Å². The Balaban J connectivity index is 2.87. The molecule has 0 unspecified atom stereocenters. The number of carbonyl (C=O) groups is 1. The fourth-order valence-corrected chi connectivity index (χ4v) is 1.73. The fraction of sp³-hybridized carbons (Fsp3) is 0.167. The Labute approximate surface area is 96.0 Å². The molecule has 0 aliphatic rings. The molecule has 0 aliphatic heterocycles. The van der Waals surface area contributed by atoms with Crippen molar-refractivity contribution in [2.24, 2.45) is 0 Å². The molecule has 0 aliphatic carbocycles. The molecule has 0 saturated carbocycles. The van der Waals surface area contributed by atoms with Gasteiger partial charge < -0.3 is 9.72 Å². The first-order chi connectivity index (χ1) is 8.04. The molecule has 0 saturated heterocycles. The van der Waals surface area contributed by atoms with Crippen LogP contribution in [0.25, 0.3) is 10.8 Å². The van der Waals surface area contributed by atoms with Gasteiger partial charge >= 0.3 is 5.97 Å². The number of H-pyrrole nitrogens is 1. The van der Waals surface area contributed by atoms with E-state index in [1.54, 1.807) is 6.92 Å². The molecule has 17 heavy (non-hydrogen) atoms. The predicted molar refractivity (Wildman–Crippen MR) is 60.6 cm³/mol. The minimum Gasteiger partial charge on any atom is -0.464 e. The zero-order chi connectivity index (χ0) is 12.6. The second-order valence-corrected chi connectivity index (χ2v) is 3.66. The van der Waals surface area contributed by atoms with Crippen LogP contribution in [0.1, 0.15) is 16.1 Å². The number of methoxy groups -OCH3 is 1. The van der Waals surface area contributed by atoms with Crippen molar-refractivity contribution >= 4 is 16.7 Å². The molecular formula is C12H10FNO3. The molecule has 0 spiro atoms. The molecule has 88 valence electrons. The quantitative estimate of drug-likeness (QED) is 0.766. The number of carbonyl (C=O) groups excluding carboxylic acids is 1. The van der Waals surface area contributed by atoms with Crippen LogP contribution in [0.15, 0.2) is 23.0 Å². The number of pyridine rings is 1. The van der Waals surface area contributed by atoms with Crippen LogP contribution in [0, 0.1) is 12.7 Å². The Morgan fingerprint density at radius 2 is 2.12 bits per heavy atom. The summed E-state index contributed by atoms with van der Waals surface area (Å²) < 4.78 is 18.1. The molecule has 1 heterocycles. The Morgan fingerprint density at radius 1 is 1.41 bits per heavy atom. The molecule has 1 aromatic heterocycles. The lowest BCUT2D eigenvalue weighted by Crippen LogP contribution is -2.15. The van der Waals surface area contributed by atoms with Gasteiger partial charge in [-0.25, -0.2) is 9.18 Å². The third-order valence-electron chi connectivity index (χ3n) is 2.57. The van der Waals surface area contributed by atoms with Crippen molar-refractivity contribution in [2.45, 2.75) is 6.92 Å². The third kappa shape index (κ3) is 1.80. The SMILES string of the molecule is COC(=O)c1cc2c(F)ccc(C)c2c(=O)[nH]1. The summed E-state index contributed by atoms with van der Waals surface area (Å²) in [5, 5.41) is 0.367. The molecule has 0 atom stereocenters. The number of halogens is 1. The number of benzene rings is 1. The van der Waals surface area contributed by atoms with E-state index < -0.39 is 17.3 Å². The smallest absolute Gasteiger partial charge is 0.354 e. The largest absolute Gasteiger partial charge is 0.464 e. The lowest BCUT2D eigenvalue weighted by Gasteiger charge is -2.05. The molecule has 4 nitrogen and oxygen atoms in total. The van der Waals surface area contributed by atoms with Gasteiger partial charge in [0.15, 0.2) is 0 Å². The standard InChI is InChI=1S/C12H10FNO3/c1-6-3-4-8(13)7-5-9(12(16)17-2)14-11(15)10(6)7/h3-5H,1-2H3,(H,14,15). The van der Waals surface area contributed by atoms with Gasteiger partial charge in [0.25, 0.3) is 5.56 Å². The van der Waals surface area contributed by atoms with Crippen molar-refractivity contribution in [3.63, 3.8) is 0 Å². The van der Waals surface area contributed by atoms with Crippen molar-refractivity contribution in [3.8, 4) is 0 Å². The van der Waals surface area contributed by atoms with Gasteiger partial charge in [-0.2, -0.15) is 0 Å². The summed E-state index contributed by atoms with van der Waals surface area (Å²) in [6.07, 6.45) is 0. The Bertz CT molecular complexity index is 661. The Morgan fingerprint density at radius 3 is 2.76 bits per heavy atom. The average Bonchev–Trinajstić information content (AvgIpc) is 2.32. The summed E-state index contributed by atoms with van der Waals surface area (Å²) in [4.78, 5) is 25.4. The van der Waals surface area contributed by atoms with E-state index in [0.29, 0.717) is 5.56 Å². The maximum atomic E-state index is 13.6. The number of hydrogen-bond acceptors (Lipinski definition) is 3. The molecule has 1 aromatic carbocycles. The number of esters is 1. The van der Waals surface area contributed by atoms with Crippen LogP contribution in [-0.4, -0.2) is 18.1 Å². The maximum absolute atomic E-state index is 13.6. The van der Waals surface area contributed by atoms with Gasteiger partial charge in [0, 0.05) is 5.39 Å². The van der Waals surface area contributed by atoms with Gasteiger partial charge in [0.1, 0.15) is 11.5 Å². The van der Waals surface area contributed by atoms with Crippen LogP contribution < -0.4 is 5.56 Å². The molecule has 0 radical (unpaired) electrons. The van der Waals surface area contributed by atoms with Crippen LogP contribution in [0.3, 0.4) is 0 Å². The lowest BCUT2D eigenvalue weighted by molar-refractivity contribution is 0.0594. The number of rotatable bonds is 1. The first-order valence-corrected chi connectivity index (χ1v) is 4.95. The van der Waals surface area contributed by atoms with Crippen molar-refractivity contribution < 1.29 is 13.9 Å². The average molecular weight is 235 g/mol. The number of aromatic amines is 1. The summed E-state index contributed by atoms with van der Waals surface area (Å²) >= 11 is 0. The van der Waals surface area contributed by atoms with Crippen molar-refractivity contribution in [3.05, 3.63) is 45.6 Å². The van der Waals surface area contributed by atoms with E-state index in [4.69, 9.17) is 0 Å². The van der Waals surface area contributed by atoms with Crippen LogP contribution >= 0.6 is 0 Å². The first kappa shape index (κ1) is 11.3. The fourth-order valence-electron chi connectivity index (χ4n) is 1.73. The van der Waals surface area contributed by atoms with Crippen molar-refractivity contribution in [1.29, 1.82) is 0 Å². The monoisotopic (exact) mass is 235 g/mol. The highest BCUT2D eigenvalue weighted by atomic mass is 19.1. The zero-order valence-corrected chi connectivity index (χ0v) is 9.33. The van der Waals surface area contributed by atoms with Crippen LogP contribution in [0.5, 0.6) is 0 Å². The number of fused-ring (bicyclic) bond motifs is 1. The summed E-state index contributed by atoms with van der Waals surface area (Å²) in [6, 6.07) is 4.06. The summed E-state index contributed by atoms with van der Waals surface area (Å²) in [5.74, 6) is -1.24. The number of nitrogens with one attached hydrogen (secondary N) is 1. The lowest BCUT2D eigenvalue weighted by atomic mass is 10.1. The topological polar surface area (TPSA) is 59.2 Å². The van der Waals surface area contributed by atoms with Gasteiger partial charge in [0.2, 0.25) is 0 Å². The minimum atomic E-state index is -0.704. The van der Waals surface area contributed by atoms with Gasteiger partial charge in [0.05, 0.1) is 12.5 Å². The van der Waals surface area contributed by atoms with E-state index >= 15 is 0 Å². The molecule has 2 aromatic rings. The summed E-state index contributed by atoms with van der Waals surface area (Å²) in [6.45, 7) is 1.70. The summed E-state index contributed by atoms with van der Waals surface area (Å²) in [5.41, 5.74) is 0.0912. The van der Waals surface area contributed by atoms with E-state index in [0.717, 1.165) is 0 Å². The van der Waals surface area contributed by atoms with Gasteiger partial charge in [-0.1, -0.05) is 6.07 Å². The Kier molecular flexibility index (Phi) is 2.67. The van der Waals surface area contributed by atoms with Crippen LogP contribution in [-0.2, 0) is 4.74 Å². The van der Waals surface area contributed by atoms with E-state index in [2.05, 4.69) is 9.72 Å². The Hall–Kier alpha value is -2.17. The molecule has 0 amide bonds. The molecule has 5 heteroatoms. The minimum absolute atomic E-state index is 0.0606. The highest BCUT2D eigenvalue weighted by Crippen LogP contribution is 2.18. The number of aromatic nitrogens is 1. The molecule has 1 N–H and O–H groups in total. The van der Waals surface area contributed by atoms with E-state index in [1.165, 1.54) is 25.3 Å². The van der Waals surface area contributed by atoms with Crippen molar-refractivity contribution in [1.82, 2.24) is 4.98 Å². The first-order valence-electron chi connectivity index (χ1n) is 4.95. The van der Waals surface area contributed by atoms with Gasteiger partial charge in [-0.05, 0) is 24.6 Å². The molecule has 0 fully saturated rings. The molecule has 2 rings (SSSR count). The van der Waals surface area contributed by atoms with Crippen LogP contribution in [0.2, 0.25) is 0 Å². The number of ether oxygens (including phenoxy) is 1. The second-order valence-electron chi connectivity index (χ2n) is 3.66. The second kappa shape index (κ2) is 4.01. The predicted octanol–water partition coefficient (Wildman–Crippen LogP) is 1.76. The van der Waals surface area contributed by atoms with E-state index in [-0.39, 0.29) is 16.5 Å². The number of aryl methyl sites for hydroxylation is 1. The molecular weight excluding hydrogens is 225 g/mol. The summed E-state index contributed by atoms with van der Waals surface area (Å²) in [7, 11) is 1.19.